The van der Waals surface area contributed by atoms with Crippen LogP contribution in [0, 0.1) is 13.8 Å². The van der Waals surface area contributed by atoms with Crippen molar-refractivity contribution in [3.05, 3.63) is 87.8 Å². The second-order valence-electron chi connectivity index (χ2n) is 7.45. The third-order valence-electron chi connectivity index (χ3n) is 5.06. The van der Waals surface area contributed by atoms with Crippen LogP contribution in [-0.2, 0) is 6.42 Å². The SMILES string of the molecule is CCc1c(C)nc(-n2nc(-c3ccccc3)cc2NC(=O)Nc2cccc(C)c2)[nH]c1=O. The molecule has 0 bridgehead atoms. The number of aromatic nitrogens is 4. The summed E-state index contributed by atoms with van der Waals surface area (Å²) in [5.74, 6) is 0.610. The summed E-state index contributed by atoms with van der Waals surface area (Å²) in [6, 6.07) is 18.4. The lowest BCUT2D eigenvalue weighted by Gasteiger charge is -2.11. The van der Waals surface area contributed by atoms with Crippen molar-refractivity contribution in [1.29, 1.82) is 0 Å². The van der Waals surface area contributed by atoms with Crippen LogP contribution in [-0.4, -0.2) is 25.8 Å². The van der Waals surface area contributed by atoms with Crippen LogP contribution >= 0.6 is 0 Å². The molecule has 0 aliphatic rings. The molecule has 2 heterocycles. The van der Waals surface area contributed by atoms with E-state index in [1.165, 1.54) is 4.68 Å². The van der Waals surface area contributed by atoms with Crippen molar-refractivity contribution in [2.24, 2.45) is 0 Å². The molecule has 162 valence electrons. The summed E-state index contributed by atoms with van der Waals surface area (Å²) >= 11 is 0. The molecule has 8 nitrogen and oxygen atoms in total. The maximum Gasteiger partial charge on any atom is 0.324 e. The minimum atomic E-state index is -0.430. The van der Waals surface area contributed by atoms with Crippen LogP contribution in [0.2, 0.25) is 0 Å². The van der Waals surface area contributed by atoms with Crippen molar-refractivity contribution >= 4 is 17.5 Å². The molecule has 3 N–H and O–H groups in total. The first-order valence-electron chi connectivity index (χ1n) is 10.3. The summed E-state index contributed by atoms with van der Waals surface area (Å²) in [5.41, 5.74) is 4.24. The minimum absolute atomic E-state index is 0.220. The summed E-state index contributed by atoms with van der Waals surface area (Å²) in [4.78, 5) is 32.5. The summed E-state index contributed by atoms with van der Waals surface area (Å²) in [5, 5.41) is 10.2. The Balaban J connectivity index is 1.73. The summed E-state index contributed by atoms with van der Waals surface area (Å²) in [7, 11) is 0. The Morgan fingerprint density at radius 3 is 2.50 bits per heavy atom. The zero-order valence-electron chi connectivity index (χ0n) is 18.1. The van der Waals surface area contributed by atoms with Gasteiger partial charge in [-0.25, -0.2) is 9.78 Å². The maximum absolute atomic E-state index is 12.7. The van der Waals surface area contributed by atoms with Gasteiger partial charge in [0.05, 0.1) is 5.69 Å². The van der Waals surface area contributed by atoms with Crippen molar-refractivity contribution < 1.29 is 4.79 Å². The number of benzene rings is 2. The summed E-state index contributed by atoms with van der Waals surface area (Å²) in [6.07, 6.45) is 0.576. The zero-order chi connectivity index (χ0) is 22.7. The number of amides is 2. The fourth-order valence-corrected chi connectivity index (χ4v) is 3.50. The van der Waals surface area contributed by atoms with Gasteiger partial charge in [-0.1, -0.05) is 49.4 Å². The van der Waals surface area contributed by atoms with Crippen LogP contribution in [0.5, 0.6) is 0 Å². The number of aryl methyl sites for hydroxylation is 2. The summed E-state index contributed by atoms with van der Waals surface area (Å²) in [6.45, 7) is 5.65. The van der Waals surface area contributed by atoms with E-state index in [1.54, 1.807) is 13.0 Å². The number of nitrogens with zero attached hydrogens (tertiary/aromatic N) is 3. The molecule has 0 saturated heterocycles. The average Bonchev–Trinajstić information content (AvgIpc) is 3.18. The smallest absolute Gasteiger partial charge is 0.308 e. The molecule has 8 heteroatoms. The monoisotopic (exact) mass is 428 g/mol. The number of urea groups is 1. The van der Waals surface area contributed by atoms with Gasteiger partial charge in [0.25, 0.3) is 5.56 Å². The van der Waals surface area contributed by atoms with Gasteiger partial charge >= 0.3 is 6.03 Å². The normalized spacial score (nSPS) is 10.7. The predicted molar refractivity (Wildman–Crippen MR) is 125 cm³/mol. The molecule has 2 aromatic heterocycles. The Hall–Kier alpha value is -4.20. The number of carbonyl (C=O) groups is 1. The van der Waals surface area contributed by atoms with E-state index in [4.69, 9.17) is 0 Å². The zero-order valence-corrected chi connectivity index (χ0v) is 18.1. The van der Waals surface area contributed by atoms with E-state index in [1.807, 2.05) is 68.4 Å². The molecule has 2 aromatic carbocycles. The van der Waals surface area contributed by atoms with Gasteiger partial charge in [0, 0.05) is 28.6 Å². The molecule has 0 unspecified atom stereocenters. The average molecular weight is 428 g/mol. The third kappa shape index (κ3) is 4.44. The Labute approximate surface area is 185 Å². The van der Waals surface area contributed by atoms with Crippen LogP contribution in [0.3, 0.4) is 0 Å². The van der Waals surface area contributed by atoms with Crippen LogP contribution in [0.15, 0.2) is 65.5 Å². The minimum Gasteiger partial charge on any atom is -0.308 e. The topological polar surface area (TPSA) is 105 Å². The highest BCUT2D eigenvalue weighted by Gasteiger charge is 2.17. The van der Waals surface area contributed by atoms with Gasteiger partial charge in [0.1, 0.15) is 5.82 Å². The predicted octanol–water partition coefficient (Wildman–Crippen LogP) is 4.45. The van der Waals surface area contributed by atoms with Gasteiger partial charge in [-0.2, -0.15) is 9.78 Å². The third-order valence-corrected chi connectivity index (χ3v) is 5.06. The van der Waals surface area contributed by atoms with E-state index in [9.17, 15) is 9.59 Å². The lowest BCUT2D eigenvalue weighted by molar-refractivity contribution is 0.262. The Bertz CT molecular complexity index is 1320. The first kappa shape index (κ1) is 21.0. The highest BCUT2D eigenvalue weighted by Crippen LogP contribution is 2.24. The second kappa shape index (κ2) is 8.89. The Morgan fingerprint density at radius 2 is 1.81 bits per heavy atom. The fourth-order valence-electron chi connectivity index (χ4n) is 3.50. The highest BCUT2D eigenvalue weighted by molar-refractivity contribution is 5.99. The van der Waals surface area contributed by atoms with E-state index >= 15 is 0 Å². The number of anilines is 2. The van der Waals surface area contributed by atoms with Crippen molar-refractivity contribution in [1.82, 2.24) is 19.7 Å². The molecule has 0 fully saturated rings. The number of nitrogens with one attached hydrogen (secondary N) is 3. The molecule has 0 saturated carbocycles. The van der Waals surface area contributed by atoms with Gasteiger partial charge in [0.15, 0.2) is 0 Å². The van der Waals surface area contributed by atoms with Crippen molar-refractivity contribution in [3.63, 3.8) is 0 Å². The number of aromatic amines is 1. The number of hydrogen-bond donors (Lipinski definition) is 3. The molecule has 32 heavy (non-hydrogen) atoms. The van der Waals surface area contributed by atoms with E-state index in [-0.39, 0.29) is 11.5 Å². The molecular formula is C24H24N6O2. The Kier molecular flexibility index (Phi) is 5.85. The van der Waals surface area contributed by atoms with Crippen LogP contribution in [0.1, 0.15) is 23.7 Å². The van der Waals surface area contributed by atoms with E-state index < -0.39 is 6.03 Å². The maximum atomic E-state index is 12.7. The lowest BCUT2D eigenvalue weighted by atomic mass is 10.2. The summed E-state index contributed by atoms with van der Waals surface area (Å²) < 4.78 is 1.44. The van der Waals surface area contributed by atoms with E-state index in [0.717, 1.165) is 11.1 Å². The molecule has 4 aromatic rings. The van der Waals surface area contributed by atoms with E-state index in [2.05, 4.69) is 25.7 Å². The quantitative estimate of drug-likeness (QED) is 0.437. The molecule has 2 amide bonds. The van der Waals surface area contributed by atoms with Crippen LogP contribution in [0.25, 0.3) is 17.2 Å². The van der Waals surface area contributed by atoms with Crippen LogP contribution in [0.4, 0.5) is 16.3 Å². The first-order valence-corrected chi connectivity index (χ1v) is 10.3. The first-order chi connectivity index (χ1) is 15.4. The Morgan fingerprint density at radius 1 is 1.03 bits per heavy atom. The van der Waals surface area contributed by atoms with Crippen LogP contribution < -0.4 is 16.2 Å². The van der Waals surface area contributed by atoms with Gasteiger partial charge in [-0.15, -0.1) is 0 Å². The molecule has 0 atom stereocenters. The van der Waals surface area contributed by atoms with Gasteiger partial charge in [0.2, 0.25) is 5.95 Å². The van der Waals surface area contributed by atoms with Gasteiger partial charge < -0.3 is 5.32 Å². The molecule has 4 rings (SSSR count). The number of carbonyl (C=O) groups excluding carboxylic acids is 1. The number of H-pyrrole nitrogens is 1. The number of hydrogen-bond acceptors (Lipinski definition) is 4. The standard InChI is InChI=1S/C24H24N6O2/c1-4-19-16(3)25-23(28-22(19)31)30-21(14-20(29-30)17-10-6-5-7-11-17)27-24(32)26-18-12-8-9-15(2)13-18/h5-14H,4H2,1-3H3,(H,25,28,31)(H2,26,27,32). The number of rotatable bonds is 5. The van der Waals surface area contributed by atoms with Crippen molar-refractivity contribution in [2.75, 3.05) is 10.6 Å². The highest BCUT2D eigenvalue weighted by atomic mass is 16.2. The molecule has 0 spiro atoms. The van der Waals surface area contributed by atoms with Crippen molar-refractivity contribution in [3.8, 4) is 17.2 Å². The van der Waals surface area contributed by atoms with E-state index in [0.29, 0.717) is 34.9 Å². The lowest BCUT2D eigenvalue weighted by Crippen LogP contribution is -2.24. The molecular weight excluding hydrogens is 404 g/mol. The molecule has 0 aliphatic carbocycles. The fraction of sp³-hybridized carbons (Fsp3) is 0.167. The van der Waals surface area contributed by atoms with Crippen molar-refractivity contribution in [2.45, 2.75) is 27.2 Å². The second-order valence-corrected chi connectivity index (χ2v) is 7.45. The largest absolute Gasteiger partial charge is 0.324 e. The molecule has 0 aliphatic heterocycles. The van der Waals surface area contributed by atoms with Gasteiger partial charge in [-0.05, 0) is 38.0 Å². The van der Waals surface area contributed by atoms with Gasteiger partial charge in [-0.3, -0.25) is 15.1 Å². The molecule has 0 radical (unpaired) electrons.